The Balaban J connectivity index is 1.50. The number of aromatic nitrogens is 2. The molecule has 0 saturated carbocycles. The molecule has 1 saturated heterocycles. The van der Waals surface area contributed by atoms with Gasteiger partial charge in [0.2, 0.25) is 5.91 Å². The van der Waals surface area contributed by atoms with Crippen LogP contribution in [0.1, 0.15) is 18.4 Å². The van der Waals surface area contributed by atoms with Gasteiger partial charge >= 0.3 is 0 Å². The predicted molar refractivity (Wildman–Crippen MR) is 76.4 cm³/mol. The zero-order valence-corrected chi connectivity index (χ0v) is 11.2. The lowest BCUT2D eigenvalue weighted by Crippen LogP contribution is -2.35. The molecule has 0 radical (unpaired) electrons. The molecule has 0 bridgehead atoms. The van der Waals surface area contributed by atoms with Crippen LogP contribution in [0.2, 0.25) is 0 Å². The first kappa shape index (κ1) is 12.9. The highest BCUT2D eigenvalue weighted by Gasteiger charge is 2.19. The summed E-state index contributed by atoms with van der Waals surface area (Å²) < 4.78 is 1.98. The van der Waals surface area contributed by atoms with E-state index in [1.165, 1.54) is 5.56 Å². The molecule has 104 valence electrons. The van der Waals surface area contributed by atoms with Crippen molar-refractivity contribution in [3.05, 3.63) is 48.5 Å². The second-order valence-electron chi connectivity index (χ2n) is 5.07. The standard InChI is InChI=1S/C15H18N4O/c20-15-6-3-13(18-15)10-17-9-12-1-4-14(5-2-12)19-8-7-16-11-19/h1-2,4-5,7-8,11,13,17H,3,6,9-10H2,(H,18,20). The normalized spacial score (nSPS) is 18.2. The summed E-state index contributed by atoms with van der Waals surface area (Å²) in [4.78, 5) is 15.1. The zero-order chi connectivity index (χ0) is 13.8. The highest BCUT2D eigenvalue weighted by molar-refractivity contribution is 5.78. The van der Waals surface area contributed by atoms with E-state index in [0.29, 0.717) is 6.42 Å². The van der Waals surface area contributed by atoms with Crippen molar-refractivity contribution < 1.29 is 4.79 Å². The Morgan fingerprint density at radius 2 is 2.20 bits per heavy atom. The number of amides is 1. The number of carbonyl (C=O) groups is 1. The van der Waals surface area contributed by atoms with Gasteiger partial charge in [-0.2, -0.15) is 0 Å². The third kappa shape index (κ3) is 3.05. The van der Waals surface area contributed by atoms with E-state index in [4.69, 9.17) is 0 Å². The van der Waals surface area contributed by atoms with Crippen LogP contribution in [-0.2, 0) is 11.3 Å². The molecular formula is C15H18N4O. The van der Waals surface area contributed by atoms with Crippen molar-refractivity contribution in [3.63, 3.8) is 0 Å². The van der Waals surface area contributed by atoms with E-state index in [2.05, 4.69) is 39.9 Å². The fourth-order valence-electron chi connectivity index (χ4n) is 2.42. The Kier molecular flexibility index (Phi) is 3.78. The summed E-state index contributed by atoms with van der Waals surface area (Å²) in [5.41, 5.74) is 2.34. The largest absolute Gasteiger partial charge is 0.352 e. The maximum atomic E-state index is 11.1. The Bertz CT molecular complexity index is 562. The van der Waals surface area contributed by atoms with Gasteiger partial charge in [0.05, 0.1) is 6.33 Å². The summed E-state index contributed by atoms with van der Waals surface area (Å²) >= 11 is 0. The minimum atomic E-state index is 0.168. The fraction of sp³-hybridized carbons (Fsp3) is 0.333. The number of hydrogen-bond acceptors (Lipinski definition) is 3. The van der Waals surface area contributed by atoms with E-state index in [0.717, 1.165) is 25.2 Å². The molecular weight excluding hydrogens is 252 g/mol. The molecule has 2 aromatic rings. The van der Waals surface area contributed by atoms with Crippen LogP contribution in [0.3, 0.4) is 0 Å². The summed E-state index contributed by atoms with van der Waals surface area (Å²) in [5.74, 6) is 0.168. The second kappa shape index (κ2) is 5.88. The molecule has 1 aliphatic heterocycles. The quantitative estimate of drug-likeness (QED) is 0.859. The number of imidazole rings is 1. The van der Waals surface area contributed by atoms with Crippen LogP contribution >= 0.6 is 0 Å². The van der Waals surface area contributed by atoms with E-state index in [9.17, 15) is 4.79 Å². The Morgan fingerprint density at radius 3 is 2.85 bits per heavy atom. The van der Waals surface area contributed by atoms with Gasteiger partial charge in [0.15, 0.2) is 0 Å². The number of benzene rings is 1. The number of nitrogens with one attached hydrogen (secondary N) is 2. The lowest BCUT2D eigenvalue weighted by Gasteiger charge is -2.11. The van der Waals surface area contributed by atoms with Gasteiger partial charge in [0.25, 0.3) is 0 Å². The summed E-state index contributed by atoms with van der Waals surface area (Å²) in [7, 11) is 0. The molecule has 5 nitrogen and oxygen atoms in total. The van der Waals surface area contributed by atoms with Crippen LogP contribution in [0.4, 0.5) is 0 Å². The van der Waals surface area contributed by atoms with Crippen molar-refractivity contribution in [3.8, 4) is 5.69 Å². The minimum Gasteiger partial charge on any atom is -0.352 e. The number of carbonyl (C=O) groups excluding carboxylic acids is 1. The average molecular weight is 270 g/mol. The summed E-state index contributed by atoms with van der Waals surface area (Å²) in [5, 5.41) is 6.34. The van der Waals surface area contributed by atoms with Gasteiger partial charge < -0.3 is 15.2 Å². The number of nitrogens with zero attached hydrogens (tertiary/aromatic N) is 2. The van der Waals surface area contributed by atoms with Crippen molar-refractivity contribution in [2.45, 2.75) is 25.4 Å². The molecule has 0 spiro atoms. The second-order valence-corrected chi connectivity index (χ2v) is 5.07. The molecule has 20 heavy (non-hydrogen) atoms. The molecule has 1 fully saturated rings. The minimum absolute atomic E-state index is 0.168. The van der Waals surface area contributed by atoms with E-state index >= 15 is 0 Å². The monoisotopic (exact) mass is 270 g/mol. The third-order valence-corrected chi connectivity index (χ3v) is 3.54. The molecule has 1 unspecified atom stereocenters. The van der Waals surface area contributed by atoms with E-state index < -0.39 is 0 Å². The van der Waals surface area contributed by atoms with Crippen LogP contribution in [0.15, 0.2) is 43.0 Å². The zero-order valence-electron chi connectivity index (χ0n) is 11.2. The molecule has 1 amide bonds. The topological polar surface area (TPSA) is 59.0 Å². The first-order chi connectivity index (χ1) is 9.81. The molecule has 2 N–H and O–H groups in total. The molecule has 0 aliphatic carbocycles. The highest BCUT2D eigenvalue weighted by Crippen LogP contribution is 2.09. The highest BCUT2D eigenvalue weighted by atomic mass is 16.1. The summed E-state index contributed by atoms with van der Waals surface area (Å²) in [6, 6.07) is 8.66. The molecule has 1 aromatic carbocycles. The smallest absolute Gasteiger partial charge is 0.220 e. The van der Waals surface area contributed by atoms with Gasteiger partial charge in [0, 0.05) is 43.6 Å². The Morgan fingerprint density at radius 1 is 1.35 bits per heavy atom. The van der Waals surface area contributed by atoms with Crippen molar-refractivity contribution in [2.24, 2.45) is 0 Å². The lowest BCUT2D eigenvalue weighted by molar-refractivity contribution is -0.119. The van der Waals surface area contributed by atoms with Gasteiger partial charge in [0.1, 0.15) is 0 Å². The van der Waals surface area contributed by atoms with Crippen molar-refractivity contribution in [2.75, 3.05) is 6.54 Å². The third-order valence-electron chi connectivity index (χ3n) is 3.54. The van der Waals surface area contributed by atoms with Crippen LogP contribution in [0.25, 0.3) is 5.69 Å². The number of hydrogen-bond donors (Lipinski definition) is 2. The number of rotatable bonds is 5. The summed E-state index contributed by atoms with van der Waals surface area (Å²) in [6.45, 7) is 1.64. The van der Waals surface area contributed by atoms with Gasteiger partial charge in [-0.15, -0.1) is 0 Å². The molecule has 1 aliphatic rings. The molecule has 1 aromatic heterocycles. The molecule has 2 heterocycles. The van der Waals surface area contributed by atoms with Crippen LogP contribution in [-0.4, -0.2) is 28.0 Å². The first-order valence-electron chi connectivity index (χ1n) is 6.88. The lowest BCUT2D eigenvalue weighted by atomic mass is 10.2. The fourth-order valence-corrected chi connectivity index (χ4v) is 2.42. The first-order valence-corrected chi connectivity index (χ1v) is 6.88. The van der Waals surface area contributed by atoms with Gasteiger partial charge in [-0.1, -0.05) is 12.1 Å². The van der Waals surface area contributed by atoms with Gasteiger partial charge in [-0.05, 0) is 24.1 Å². The predicted octanol–water partition coefficient (Wildman–Crippen LogP) is 1.24. The maximum absolute atomic E-state index is 11.1. The van der Waals surface area contributed by atoms with Crippen molar-refractivity contribution in [1.82, 2.24) is 20.2 Å². The van der Waals surface area contributed by atoms with Crippen LogP contribution in [0, 0.1) is 0 Å². The van der Waals surface area contributed by atoms with Crippen molar-refractivity contribution >= 4 is 5.91 Å². The Labute approximate surface area is 118 Å². The van der Waals surface area contributed by atoms with E-state index in [1.54, 1.807) is 12.5 Å². The van der Waals surface area contributed by atoms with E-state index in [-0.39, 0.29) is 11.9 Å². The Hall–Kier alpha value is -2.14. The van der Waals surface area contributed by atoms with Crippen molar-refractivity contribution in [1.29, 1.82) is 0 Å². The average Bonchev–Trinajstić information content (AvgIpc) is 3.11. The van der Waals surface area contributed by atoms with Crippen LogP contribution < -0.4 is 10.6 Å². The van der Waals surface area contributed by atoms with Crippen LogP contribution in [0.5, 0.6) is 0 Å². The van der Waals surface area contributed by atoms with Gasteiger partial charge in [-0.3, -0.25) is 4.79 Å². The van der Waals surface area contributed by atoms with E-state index in [1.807, 2.05) is 10.8 Å². The SMILES string of the molecule is O=C1CCC(CNCc2ccc(-n3ccnc3)cc2)N1. The molecule has 3 rings (SSSR count). The summed E-state index contributed by atoms with van der Waals surface area (Å²) in [6.07, 6.45) is 7.08. The molecule has 1 atom stereocenters. The van der Waals surface area contributed by atoms with Gasteiger partial charge in [-0.25, -0.2) is 4.98 Å². The molecule has 5 heteroatoms. The maximum Gasteiger partial charge on any atom is 0.220 e.